The summed E-state index contributed by atoms with van der Waals surface area (Å²) < 4.78 is 11.4. The molecule has 162 valence electrons. The number of amides is 3. The van der Waals surface area contributed by atoms with E-state index in [-0.39, 0.29) is 5.70 Å². The number of methoxy groups -OCH3 is 1. The zero-order chi connectivity index (χ0) is 22.7. The van der Waals surface area contributed by atoms with Gasteiger partial charge in [0.1, 0.15) is 18.8 Å². The molecule has 0 aromatic heterocycles. The molecular weight excluding hydrogens is 412 g/mol. The van der Waals surface area contributed by atoms with Crippen LogP contribution in [0.3, 0.4) is 0 Å². The molecule has 1 fully saturated rings. The van der Waals surface area contributed by atoms with E-state index in [0.717, 1.165) is 16.3 Å². The van der Waals surface area contributed by atoms with Crippen molar-refractivity contribution in [2.75, 3.05) is 13.7 Å². The van der Waals surface area contributed by atoms with Crippen LogP contribution in [-0.2, 0) is 16.2 Å². The quantitative estimate of drug-likeness (QED) is 0.438. The minimum Gasteiger partial charge on any atom is -0.493 e. The summed E-state index contributed by atoms with van der Waals surface area (Å²) in [4.78, 5) is 35.6. The predicted molar refractivity (Wildman–Crippen MR) is 117 cm³/mol. The largest absolute Gasteiger partial charge is 0.493 e. The monoisotopic (exact) mass is 432 g/mol. The van der Waals surface area contributed by atoms with Crippen molar-refractivity contribution in [1.29, 1.82) is 0 Å². The normalized spacial score (nSPS) is 14.7. The van der Waals surface area contributed by atoms with Crippen LogP contribution < -0.4 is 14.8 Å². The highest BCUT2D eigenvalue weighted by molar-refractivity contribution is 6.15. The first-order valence-electron chi connectivity index (χ1n) is 9.80. The summed E-state index contributed by atoms with van der Waals surface area (Å²) in [5, 5.41) is 13.5. The predicted octanol–water partition coefficient (Wildman–Crippen LogP) is 3.40. The number of carbonyl (C=O) groups excluding carboxylic acids is 2. The van der Waals surface area contributed by atoms with Gasteiger partial charge in [-0.3, -0.25) is 9.59 Å². The van der Waals surface area contributed by atoms with E-state index in [2.05, 4.69) is 5.32 Å². The number of rotatable bonds is 7. The van der Waals surface area contributed by atoms with Gasteiger partial charge in [-0.25, -0.2) is 9.69 Å². The van der Waals surface area contributed by atoms with E-state index in [1.165, 1.54) is 13.2 Å². The Morgan fingerprint density at radius 2 is 1.84 bits per heavy atom. The van der Waals surface area contributed by atoms with Crippen LogP contribution in [0.4, 0.5) is 4.79 Å². The molecule has 32 heavy (non-hydrogen) atoms. The van der Waals surface area contributed by atoms with Crippen LogP contribution in [0.1, 0.15) is 11.1 Å². The van der Waals surface area contributed by atoms with Crippen molar-refractivity contribution in [2.45, 2.75) is 6.61 Å². The number of carbonyl (C=O) groups is 3. The summed E-state index contributed by atoms with van der Waals surface area (Å²) in [5.74, 6) is -0.993. The van der Waals surface area contributed by atoms with Gasteiger partial charge >= 0.3 is 12.0 Å². The maximum absolute atomic E-state index is 12.3. The Morgan fingerprint density at radius 1 is 1.06 bits per heavy atom. The zero-order valence-electron chi connectivity index (χ0n) is 17.2. The minimum absolute atomic E-state index is 0.0114. The number of urea groups is 1. The average Bonchev–Trinajstić information content (AvgIpc) is 3.05. The second-order valence-corrected chi connectivity index (χ2v) is 7.11. The highest BCUT2D eigenvalue weighted by atomic mass is 16.5. The maximum Gasteiger partial charge on any atom is 0.329 e. The third-order valence-corrected chi connectivity index (χ3v) is 5.02. The molecule has 0 saturated carbocycles. The molecule has 0 atom stereocenters. The van der Waals surface area contributed by atoms with E-state index >= 15 is 0 Å². The first kappa shape index (κ1) is 20.9. The molecule has 0 spiro atoms. The van der Waals surface area contributed by atoms with Crippen molar-refractivity contribution in [2.24, 2.45) is 0 Å². The van der Waals surface area contributed by atoms with Gasteiger partial charge in [0, 0.05) is 0 Å². The molecule has 8 nitrogen and oxygen atoms in total. The summed E-state index contributed by atoms with van der Waals surface area (Å²) >= 11 is 0. The summed E-state index contributed by atoms with van der Waals surface area (Å²) in [5.41, 5.74) is 1.61. The minimum atomic E-state index is -1.27. The Morgan fingerprint density at radius 3 is 2.62 bits per heavy atom. The highest BCUT2D eigenvalue weighted by Crippen LogP contribution is 2.31. The van der Waals surface area contributed by atoms with Crippen LogP contribution in [-0.4, -0.2) is 41.6 Å². The number of fused-ring (bicyclic) bond motifs is 1. The van der Waals surface area contributed by atoms with Gasteiger partial charge in [-0.1, -0.05) is 48.5 Å². The van der Waals surface area contributed by atoms with Gasteiger partial charge in [0.2, 0.25) is 0 Å². The SMILES string of the molecule is COc1cc(/C=C2/NC(=O)N(CC(=O)O)C2=O)ccc1OCc1cccc2ccccc12. The number of hydrogen-bond donors (Lipinski definition) is 2. The number of imide groups is 1. The second-order valence-electron chi connectivity index (χ2n) is 7.11. The van der Waals surface area contributed by atoms with Gasteiger partial charge in [0.05, 0.1) is 7.11 Å². The Bertz CT molecular complexity index is 1240. The average molecular weight is 432 g/mol. The van der Waals surface area contributed by atoms with Crippen LogP contribution >= 0.6 is 0 Å². The van der Waals surface area contributed by atoms with E-state index in [0.29, 0.717) is 28.6 Å². The highest BCUT2D eigenvalue weighted by Gasteiger charge is 2.34. The molecule has 3 aromatic rings. The number of hydrogen-bond acceptors (Lipinski definition) is 5. The Labute approximate surface area is 183 Å². The fourth-order valence-corrected chi connectivity index (χ4v) is 3.48. The summed E-state index contributed by atoms with van der Waals surface area (Å²) in [6, 6.07) is 18.4. The van der Waals surface area contributed by atoms with Crippen molar-refractivity contribution in [3.8, 4) is 11.5 Å². The number of nitrogens with zero attached hydrogens (tertiary/aromatic N) is 1. The fourth-order valence-electron chi connectivity index (χ4n) is 3.48. The van der Waals surface area contributed by atoms with E-state index in [1.807, 2.05) is 42.5 Å². The zero-order valence-corrected chi connectivity index (χ0v) is 17.2. The molecule has 0 aliphatic carbocycles. The van der Waals surface area contributed by atoms with Crippen LogP contribution in [0, 0.1) is 0 Å². The lowest BCUT2D eigenvalue weighted by atomic mass is 10.1. The number of benzene rings is 3. The second kappa shape index (κ2) is 8.81. The van der Waals surface area contributed by atoms with E-state index in [9.17, 15) is 14.4 Å². The van der Waals surface area contributed by atoms with Gasteiger partial charge in [-0.15, -0.1) is 0 Å². The molecule has 1 aliphatic heterocycles. The van der Waals surface area contributed by atoms with Crippen molar-refractivity contribution in [3.05, 3.63) is 77.5 Å². The third-order valence-electron chi connectivity index (χ3n) is 5.02. The summed E-state index contributed by atoms with van der Waals surface area (Å²) in [6.07, 6.45) is 1.46. The van der Waals surface area contributed by atoms with Gasteiger partial charge in [0.25, 0.3) is 5.91 Å². The van der Waals surface area contributed by atoms with Gasteiger partial charge in [-0.2, -0.15) is 0 Å². The number of carboxylic acid groups (broad SMARTS) is 1. The molecule has 8 heteroatoms. The lowest BCUT2D eigenvalue weighted by Crippen LogP contribution is -2.35. The van der Waals surface area contributed by atoms with Crippen LogP contribution in [0.2, 0.25) is 0 Å². The number of nitrogens with one attached hydrogen (secondary N) is 1. The first-order valence-corrected chi connectivity index (χ1v) is 9.80. The smallest absolute Gasteiger partial charge is 0.329 e. The maximum atomic E-state index is 12.3. The van der Waals surface area contributed by atoms with E-state index < -0.39 is 24.5 Å². The first-order chi connectivity index (χ1) is 15.5. The van der Waals surface area contributed by atoms with Gasteiger partial charge < -0.3 is 19.9 Å². The van der Waals surface area contributed by atoms with Crippen LogP contribution in [0.25, 0.3) is 16.8 Å². The fraction of sp³-hybridized carbons (Fsp3) is 0.125. The van der Waals surface area contributed by atoms with E-state index in [4.69, 9.17) is 14.6 Å². The Kier molecular flexibility index (Phi) is 5.76. The van der Waals surface area contributed by atoms with Crippen molar-refractivity contribution in [3.63, 3.8) is 0 Å². The molecule has 1 heterocycles. The molecule has 3 amide bonds. The lowest BCUT2D eigenvalue weighted by Gasteiger charge is -2.13. The standard InChI is InChI=1S/C24H20N2O6/c1-31-21-12-15(11-19-23(29)26(13-22(27)28)24(30)25-19)9-10-20(21)32-14-17-7-4-6-16-5-2-3-8-18(16)17/h2-12H,13-14H2,1H3,(H,25,30)(H,27,28)/b19-11+. The van der Waals surface area contributed by atoms with Crippen molar-refractivity contribution >= 4 is 34.8 Å². The van der Waals surface area contributed by atoms with Crippen molar-refractivity contribution < 1.29 is 29.0 Å². The van der Waals surface area contributed by atoms with Crippen molar-refractivity contribution in [1.82, 2.24) is 10.2 Å². The molecule has 0 bridgehead atoms. The molecule has 1 aliphatic rings. The molecular formula is C24H20N2O6. The Balaban J connectivity index is 1.53. The molecule has 1 saturated heterocycles. The summed E-state index contributed by atoms with van der Waals surface area (Å²) in [6.45, 7) is -0.358. The number of aliphatic carboxylic acids is 1. The van der Waals surface area contributed by atoms with Crippen LogP contribution in [0.5, 0.6) is 11.5 Å². The summed E-state index contributed by atoms with van der Waals surface area (Å²) in [7, 11) is 1.51. The van der Waals surface area contributed by atoms with E-state index in [1.54, 1.807) is 18.2 Å². The topological polar surface area (TPSA) is 105 Å². The third kappa shape index (κ3) is 4.24. The molecule has 0 radical (unpaired) electrons. The lowest BCUT2D eigenvalue weighted by molar-refractivity contribution is -0.140. The molecule has 3 aromatic carbocycles. The van der Waals surface area contributed by atoms with Gasteiger partial charge in [0.15, 0.2) is 11.5 Å². The molecule has 4 rings (SSSR count). The van der Waals surface area contributed by atoms with Crippen LogP contribution in [0.15, 0.2) is 66.4 Å². The molecule has 0 unspecified atom stereocenters. The Hall–Kier alpha value is -4.33. The number of ether oxygens (including phenoxy) is 2. The number of carboxylic acids is 1. The molecule has 2 N–H and O–H groups in total. The van der Waals surface area contributed by atoms with Gasteiger partial charge in [-0.05, 0) is 40.1 Å².